The Kier molecular flexibility index (Phi) is 7.35. The Hall–Kier alpha value is -3.86. The molecule has 1 unspecified atom stereocenters. The van der Waals surface area contributed by atoms with E-state index in [9.17, 15) is 14.4 Å². The number of Topliss-reactive ketones (excluding diaryl/α,β-unsaturated/α-hetero) is 2. The van der Waals surface area contributed by atoms with Crippen LogP contribution in [0.3, 0.4) is 0 Å². The van der Waals surface area contributed by atoms with E-state index in [1.165, 1.54) is 27.3 Å². The molecule has 0 aliphatic heterocycles. The summed E-state index contributed by atoms with van der Waals surface area (Å²) in [6.45, 7) is 1.79. The van der Waals surface area contributed by atoms with Gasteiger partial charge in [0.25, 0.3) is 0 Å². The Labute approximate surface area is 206 Å². The van der Waals surface area contributed by atoms with E-state index in [0.29, 0.717) is 64.7 Å². The van der Waals surface area contributed by atoms with E-state index >= 15 is 0 Å². The molecule has 0 saturated heterocycles. The molecule has 4 rings (SSSR count). The van der Waals surface area contributed by atoms with Gasteiger partial charge in [-0.05, 0) is 37.5 Å². The first-order valence-corrected chi connectivity index (χ1v) is 11.8. The monoisotopic (exact) mass is 495 g/mol. The lowest BCUT2D eigenvalue weighted by Crippen LogP contribution is -2.23. The lowest BCUT2D eigenvalue weighted by Gasteiger charge is -2.13. The Bertz CT molecular complexity index is 1260. The van der Waals surface area contributed by atoms with E-state index in [-0.39, 0.29) is 17.5 Å². The van der Waals surface area contributed by atoms with Crippen molar-refractivity contribution in [1.82, 2.24) is 15.0 Å². The first kappa shape index (κ1) is 24.3. The van der Waals surface area contributed by atoms with Gasteiger partial charge in [0.15, 0.2) is 16.7 Å². The zero-order valence-corrected chi connectivity index (χ0v) is 20.4. The van der Waals surface area contributed by atoms with E-state index in [1.807, 2.05) is 6.07 Å². The summed E-state index contributed by atoms with van der Waals surface area (Å²) in [6, 6.07) is 6.95. The van der Waals surface area contributed by atoms with Gasteiger partial charge in [0.05, 0.1) is 30.7 Å². The molecule has 0 saturated carbocycles. The van der Waals surface area contributed by atoms with Gasteiger partial charge in [-0.1, -0.05) is 11.3 Å². The molecule has 0 bridgehead atoms. The van der Waals surface area contributed by atoms with Crippen molar-refractivity contribution in [2.24, 2.45) is 5.92 Å². The number of methoxy groups -OCH3 is 2. The molecule has 3 aromatic rings. The third-order valence-electron chi connectivity index (χ3n) is 5.57. The summed E-state index contributed by atoms with van der Waals surface area (Å²) in [4.78, 5) is 51.1. The summed E-state index contributed by atoms with van der Waals surface area (Å²) in [5.41, 5.74) is 1.83. The van der Waals surface area contributed by atoms with Gasteiger partial charge in [0.2, 0.25) is 17.7 Å². The standard InChI is InChI=1S/C24H25N5O5S/c1-13(30)27-24-28-17-6-4-5-16(21(32)22(17)35-24)20(31)14-7-9-18(25-11-14)26-12-15-8-10-19(33-2)29-23(15)34-3/h7-11,16H,4-6,12H2,1-3H3,(H,25,26)(H,27,28,30). The highest BCUT2D eigenvalue weighted by Crippen LogP contribution is 2.33. The van der Waals surface area contributed by atoms with Crippen LogP contribution < -0.4 is 20.1 Å². The smallest absolute Gasteiger partial charge is 0.223 e. The number of thiazole rings is 1. The molecule has 1 aliphatic carbocycles. The molecule has 1 aliphatic rings. The SMILES string of the molecule is COc1ccc(CNc2ccc(C(=O)C3CCCc4nc(NC(C)=O)sc4C3=O)cn2)c(OC)n1. The summed E-state index contributed by atoms with van der Waals surface area (Å²) >= 11 is 1.12. The second-order valence-electron chi connectivity index (χ2n) is 7.96. The van der Waals surface area contributed by atoms with Crippen molar-refractivity contribution in [2.75, 3.05) is 24.9 Å². The van der Waals surface area contributed by atoms with Crippen LogP contribution in [0.15, 0.2) is 30.5 Å². The minimum Gasteiger partial charge on any atom is -0.481 e. The topological polar surface area (TPSA) is 132 Å². The highest BCUT2D eigenvalue weighted by Gasteiger charge is 2.34. The van der Waals surface area contributed by atoms with Gasteiger partial charge in [-0.2, -0.15) is 4.98 Å². The fourth-order valence-corrected chi connectivity index (χ4v) is 4.89. The van der Waals surface area contributed by atoms with Crippen LogP contribution in [-0.4, -0.2) is 46.6 Å². The number of carbonyl (C=O) groups is 3. The van der Waals surface area contributed by atoms with Crippen molar-refractivity contribution in [3.8, 4) is 11.8 Å². The average Bonchev–Trinajstić information content (AvgIpc) is 3.19. The highest BCUT2D eigenvalue weighted by atomic mass is 32.1. The molecule has 1 atom stereocenters. The van der Waals surface area contributed by atoms with Crippen LogP contribution in [0.4, 0.5) is 10.9 Å². The minimum atomic E-state index is -0.794. The van der Waals surface area contributed by atoms with Crippen LogP contribution >= 0.6 is 11.3 Å². The molecule has 11 heteroatoms. The molecular weight excluding hydrogens is 470 g/mol. The molecule has 1 amide bonds. The molecule has 2 N–H and O–H groups in total. The van der Waals surface area contributed by atoms with Gasteiger partial charge in [-0.3, -0.25) is 14.4 Å². The number of anilines is 2. The van der Waals surface area contributed by atoms with E-state index in [4.69, 9.17) is 9.47 Å². The summed E-state index contributed by atoms with van der Waals surface area (Å²) in [5, 5.41) is 6.17. The van der Waals surface area contributed by atoms with Gasteiger partial charge < -0.3 is 20.1 Å². The van der Waals surface area contributed by atoms with Crippen LogP contribution in [-0.2, 0) is 17.8 Å². The van der Waals surface area contributed by atoms with Crippen LogP contribution in [0.2, 0.25) is 0 Å². The van der Waals surface area contributed by atoms with E-state index in [1.54, 1.807) is 18.2 Å². The van der Waals surface area contributed by atoms with Crippen LogP contribution in [0.25, 0.3) is 0 Å². The molecule has 0 spiro atoms. The molecule has 35 heavy (non-hydrogen) atoms. The highest BCUT2D eigenvalue weighted by molar-refractivity contribution is 7.17. The van der Waals surface area contributed by atoms with Crippen LogP contribution in [0.1, 0.15) is 51.1 Å². The molecule has 0 radical (unpaired) electrons. The maximum absolute atomic E-state index is 13.2. The van der Waals surface area contributed by atoms with Crippen molar-refractivity contribution < 1.29 is 23.9 Å². The number of aromatic nitrogens is 3. The number of hydrogen-bond acceptors (Lipinski definition) is 10. The summed E-state index contributed by atoms with van der Waals surface area (Å²) in [7, 11) is 3.07. The molecule has 182 valence electrons. The minimum absolute atomic E-state index is 0.252. The number of carbonyl (C=O) groups excluding carboxylic acids is 3. The van der Waals surface area contributed by atoms with E-state index in [2.05, 4.69) is 25.6 Å². The number of aryl methyl sites for hydroxylation is 1. The Morgan fingerprint density at radius 1 is 1.14 bits per heavy atom. The van der Waals surface area contributed by atoms with E-state index < -0.39 is 5.92 Å². The average molecular weight is 496 g/mol. The first-order chi connectivity index (χ1) is 16.9. The fourth-order valence-electron chi connectivity index (χ4n) is 3.84. The van der Waals surface area contributed by atoms with Crippen LogP contribution in [0.5, 0.6) is 11.8 Å². The number of fused-ring (bicyclic) bond motifs is 1. The maximum Gasteiger partial charge on any atom is 0.223 e. The lowest BCUT2D eigenvalue weighted by atomic mass is 9.91. The number of ketones is 2. The number of nitrogens with one attached hydrogen (secondary N) is 2. The molecule has 0 aromatic carbocycles. The fraction of sp³-hybridized carbons (Fsp3) is 0.333. The lowest BCUT2D eigenvalue weighted by molar-refractivity contribution is -0.114. The number of nitrogens with zero attached hydrogens (tertiary/aromatic N) is 3. The van der Waals surface area contributed by atoms with Gasteiger partial charge >= 0.3 is 0 Å². The molecule has 3 aromatic heterocycles. The van der Waals surface area contributed by atoms with Crippen molar-refractivity contribution >= 4 is 39.8 Å². The number of ether oxygens (including phenoxy) is 2. The summed E-state index contributed by atoms with van der Waals surface area (Å²) < 4.78 is 10.4. The number of hydrogen-bond donors (Lipinski definition) is 2. The third-order valence-corrected chi connectivity index (χ3v) is 6.60. The quantitative estimate of drug-likeness (QED) is 0.273. The second kappa shape index (κ2) is 10.6. The van der Waals surface area contributed by atoms with Crippen LogP contribution in [0, 0.1) is 5.92 Å². The van der Waals surface area contributed by atoms with Crippen molar-refractivity contribution in [3.63, 3.8) is 0 Å². The normalized spacial score (nSPS) is 15.1. The second-order valence-corrected chi connectivity index (χ2v) is 8.96. The molecule has 10 nitrogen and oxygen atoms in total. The summed E-state index contributed by atoms with van der Waals surface area (Å²) in [5.74, 6) is -0.102. The van der Waals surface area contributed by atoms with Gasteiger partial charge in [-0.15, -0.1) is 0 Å². The first-order valence-electron chi connectivity index (χ1n) is 11.0. The summed E-state index contributed by atoms with van der Waals surface area (Å²) in [6.07, 6.45) is 3.16. The van der Waals surface area contributed by atoms with Gasteiger partial charge in [-0.25, -0.2) is 9.97 Å². The zero-order chi connectivity index (χ0) is 24.9. The predicted octanol–water partition coefficient (Wildman–Crippen LogP) is 3.54. The van der Waals surface area contributed by atoms with Gasteiger partial charge in [0, 0.05) is 36.9 Å². The number of rotatable bonds is 8. The predicted molar refractivity (Wildman–Crippen MR) is 130 cm³/mol. The molecular formula is C24H25N5O5S. The Morgan fingerprint density at radius 2 is 1.97 bits per heavy atom. The largest absolute Gasteiger partial charge is 0.481 e. The van der Waals surface area contributed by atoms with Crippen molar-refractivity contribution in [1.29, 1.82) is 0 Å². The Morgan fingerprint density at radius 3 is 2.66 bits per heavy atom. The Balaban J connectivity index is 1.44. The molecule has 0 fully saturated rings. The van der Waals surface area contributed by atoms with Crippen molar-refractivity contribution in [2.45, 2.75) is 32.7 Å². The molecule has 3 heterocycles. The van der Waals surface area contributed by atoms with Crippen molar-refractivity contribution in [3.05, 3.63) is 52.2 Å². The number of pyridine rings is 2. The maximum atomic E-state index is 13.2. The number of amides is 1. The van der Waals surface area contributed by atoms with E-state index in [0.717, 1.165) is 16.9 Å². The zero-order valence-electron chi connectivity index (χ0n) is 19.6. The van der Waals surface area contributed by atoms with Gasteiger partial charge in [0.1, 0.15) is 5.82 Å². The third kappa shape index (κ3) is 5.46.